The minimum Gasteiger partial charge on any atom is -0.135 e. The van der Waals surface area contributed by atoms with Crippen molar-refractivity contribution in [1.82, 2.24) is 0 Å². The first-order chi connectivity index (χ1) is 8.84. The summed E-state index contributed by atoms with van der Waals surface area (Å²) in [5, 5.41) is 5.52. The topological polar surface area (TPSA) is 0 Å². The number of benzene rings is 3. The summed E-state index contributed by atoms with van der Waals surface area (Å²) in [6, 6.07) is 19.7. The Kier molecular flexibility index (Phi) is 2.35. The van der Waals surface area contributed by atoms with Gasteiger partial charge in [-0.15, -0.1) is 11.3 Å². The monoisotopic (exact) mass is 360 g/mol. The first-order valence-electron chi connectivity index (χ1n) is 5.83. The van der Waals surface area contributed by atoms with Crippen molar-refractivity contribution in [2.24, 2.45) is 0 Å². The molecule has 0 bridgehead atoms. The normalized spacial score (nSPS) is 11.6. The van der Waals surface area contributed by atoms with Gasteiger partial charge >= 0.3 is 0 Å². The molecular formula is C16H9IS. The molecule has 0 spiro atoms. The van der Waals surface area contributed by atoms with Crippen molar-refractivity contribution in [1.29, 1.82) is 0 Å². The standard InChI is InChI=1S/C16H9IS/c17-13-9-15-16(11-6-2-1-5-10(11)13)12-7-3-4-8-14(12)18-15/h1-9H. The van der Waals surface area contributed by atoms with Gasteiger partial charge in [0.05, 0.1) is 0 Å². The smallest absolute Gasteiger partial charge is 0.0372 e. The summed E-state index contributed by atoms with van der Waals surface area (Å²) in [7, 11) is 0. The lowest BCUT2D eigenvalue weighted by molar-refractivity contribution is 1.78. The van der Waals surface area contributed by atoms with Gasteiger partial charge in [0, 0.05) is 23.7 Å². The number of hydrogen-bond acceptors (Lipinski definition) is 1. The van der Waals surface area contributed by atoms with Crippen LogP contribution in [0, 0.1) is 3.57 Å². The van der Waals surface area contributed by atoms with Crippen molar-refractivity contribution in [3.8, 4) is 0 Å². The molecule has 4 aromatic rings. The van der Waals surface area contributed by atoms with Crippen LogP contribution in [0.2, 0.25) is 0 Å². The molecule has 1 aromatic heterocycles. The Labute approximate surface area is 122 Å². The SMILES string of the molecule is Ic1cc2sc3ccccc3c2c2ccccc12. The zero-order valence-electron chi connectivity index (χ0n) is 9.48. The van der Waals surface area contributed by atoms with Crippen molar-refractivity contribution in [3.63, 3.8) is 0 Å². The summed E-state index contributed by atoms with van der Waals surface area (Å²) < 4.78 is 4.10. The number of rotatable bonds is 0. The second-order valence-electron chi connectivity index (χ2n) is 4.38. The van der Waals surface area contributed by atoms with E-state index in [2.05, 4.69) is 77.2 Å². The average Bonchev–Trinajstić information content (AvgIpc) is 2.77. The molecule has 0 fully saturated rings. The van der Waals surface area contributed by atoms with Crippen LogP contribution in [0.25, 0.3) is 30.9 Å². The predicted octanol–water partition coefficient (Wildman–Crippen LogP) is 5.81. The van der Waals surface area contributed by atoms with Gasteiger partial charge < -0.3 is 0 Å². The summed E-state index contributed by atoms with van der Waals surface area (Å²) in [6.45, 7) is 0. The van der Waals surface area contributed by atoms with E-state index in [0.717, 1.165) is 0 Å². The van der Waals surface area contributed by atoms with Gasteiger partial charge in [-0.2, -0.15) is 0 Å². The van der Waals surface area contributed by atoms with Crippen LogP contribution in [0.4, 0.5) is 0 Å². The fourth-order valence-electron chi connectivity index (χ4n) is 2.55. The second-order valence-corrected chi connectivity index (χ2v) is 6.62. The van der Waals surface area contributed by atoms with E-state index < -0.39 is 0 Å². The van der Waals surface area contributed by atoms with Gasteiger partial charge in [-0.25, -0.2) is 0 Å². The first kappa shape index (κ1) is 10.8. The van der Waals surface area contributed by atoms with Crippen molar-refractivity contribution in [2.75, 3.05) is 0 Å². The van der Waals surface area contributed by atoms with Crippen LogP contribution in [0.5, 0.6) is 0 Å². The molecule has 0 saturated heterocycles. The molecule has 86 valence electrons. The Morgan fingerprint density at radius 3 is 2.22 bits per heavy atom. The van der Waals surface area contributed by atoms with E-state index in [-0.39, 0.29) is 0 Å². The number of hydrogen-bond donors (Lipinski definition) is 0. The van der Waals surface area contributed by atoms with Gasteiger partial charge in [0.2, 0.25) is 0 Å². The van der Waals surface area contributed by atoms with Crippen molar-refractivity contribution < 1.29 is 0 Å². The van der Waals surface area contributed by atoms with E-state index in [1.807, 2.05) is 11.3 Å². The van der Waals surface area contributed by atoms with Gasteiger partial charge in [-0.05, 0) is 45.5 Å². The Morgan fingerprint density at radius 1 is 0.722 bits per heavy atom. The first-order valence-corrected chi connectivity index (χ1v) is 7.72. The zero-order valence-corrected chi connectivity index (χ0v) is 12.5. The Bertz CT molecular complexity index is 889. The largest absolute Gasteiger partial charge is 0.135 e. The lowest BCUT2D eigenvalue weighted by Gasteiger charge is -2.03. The molecule has 0 aliphatic rings. The van der Waals surface area contributed by atoms with E-state index in [1.165, 1.54) is 34.5 Å². The van der Waals surface area contributed by atoms with Crippen LogP contribution >= 0.6 is 33.9 Å². The molecule has 0 radical (unpaired) electrons. The van der Waals surface area contributed by atoms with Gasteiger partial charge in [0.1, 0.15) is 0 Å². The third kappa shape index (κ3) is 1.42. The third-order valence-electron chi connectivity index (χ3n) is 3.33. The molecule has 2 heteroatoms. The molecule has 0 N–H and O–H groups in total. The van der Waals surface area contributed by atoms with Crippen LogP contribution in [-0.4, -0.2) is 0 Å². The van der Waals surface area contributed by atoms with E-state index in [4.69, 9.17) is 0 Å². The maximum atomic E-state index is 2.44. The minimum absolute atomic E-state index is 1.34. The Balaban J connectivity index is 2.39. The highest BCUT2D eigenvalue weighted by atomic mass is 127. The van der Waals surface area contributed by atoms with Crippen molar-refractivity contribution >= 4 is 64.9 Å². The molecule has 4 rings (SSSR count). The van der Waals surface area contributed by atoms with Crippen molar-refractivity contribution in [3.05, 3.63) is 58.2 Å². The minimum atomic E-state index is 1.34. The van der Waals surface area contributed by atoms with Gasteiger partial charge in [0.25, 0.3) is 0 Å². The zero-order chi connectivity index (χ0) is 12.1. The Hall–Kier alpha value is -1.13. The Morgan fingerprint density at radius 2 is 1.39 bits per heavy atom. The molecule has 0 aliphatic heterocycles. The van der Waals surface area contributed by atoms with Crippen LogP contribution in [0.15, 0.2) is 54.6 Å². The van der Waals surface area contributed by atoms with Gasteiger partial charge in [-0.3, -0.25) is 0 Å². The van der Waals surface area contributed by atoms with E-state index in [0.29, 0.717) is 0 Å². The molecular weight excluding hydrogens is 351 g/mol. The van der Waals surface area contributed by atoms with Crippen LogP contribution in [0.1, 0.15) is 0 Å². The summed E-state index contributed by atoms with van der Waals surface area (Å²) >= 11 is 4.32. The second kappa shape index (κ2) is 3.93. The highest BCUT2D eigenvalue weighted by Crippen LogP contribution is 2.39. The van der Waals surface area contributed by atoms with Crippen LogP contribution in [0.3, 0.4) is 0 Å². The maximum absolute atomic E-state index is 2.44. The quantitative estimate of drug-likeness (QED) is 0.347. The van der Waals surface area contributed by atoms with Gasteiger partial charge in [0.15, 0.2) is 0 Å². The lowest BCUT2D eigenvalue weighted by Crippen LogP contribution is -1.78. The van der Waals surface area contributed by atoms with E-state index in [1.54, 1.807) is 0 Å². The van der Waals surface area contributed by atoms with Crippen LogP contribution in [-0.2, 0) is 0 Å². The number of thiophene rings is 1. The van der Waals surface area contributed by atoms with Gasteiger partial charge in [-0.1, -0.05) is 42.5 Å². The molecule has 0 aliphatic carbocycles. The summed E-state index contributed by atoms with van der Waals surface area (Å²) in [5.41, 5.74) is 0. The van der Waals surface area contributed by atoms with Crippen molar-refractivity contribution in [2.45, 2.75) is 0 Å². The van der Waals surface area contributed by atoms with E-state index >= 15 is 0 Å². The fraction of sp³-hybridized carbons (Fsp3) is 0. The predicted molar refractivity (Wildman–Crippen MR) is 89.6 cm³/mol. The third-order valence-corrected chi connectivity index (χ3v) is 5.34. The average molecular weight is 360 g/mol. The highest BCUT2D eigenvalue weighted by Gasteiger charge is 2.10. The molecule has 18 heavy (non-hydrogen) atoms. The highest BCUT2D eigenvalue weighted by molar-refractivity contribution is 14.1. The maximum Gasteiger partial charge on any atom is 0.0372 e. The molecule has 0 nitrogen and oxygen atoms in total. The number of fused-ring (bicyclic) bond motifs is 5. The molecule has 0 atom stereocenters. The number of halogens is 1. The molecule has 0 unspecified atom stereocenters. The molecule has 0 saturated carbocycles. The molecule has 3 aromatic carbocycles. The summed E-state index contributed by atoms with van der Waals surface area (Å²) in [6.07, 6.45) is 0. The lowest BCUT2D eigenvalue weighted by atomic mass is 10.0. The summed E-state index contributed by atoms with van der Waals surface area (Å²) in [5.74, 6) is 0. The molecule has 1 heterocycles. The van der Waals surface area contributed by atoms with E-state index in [9.17, 15) is 0 Å². The summed E-state index contributed by atoms with van der Waals surface area (Å²) in [4.78, 5) is 0. The fourth-order valence-corrected chi connectivity index (χ4v) is 4.70. The van der Waals surface area contributed by atoms with Crippen LogP contribution < -0.4 is 0 Å². The molecule has 0 amide bonds.